The van der Waals surface area contributed by atoms with Crippen LogP contribution in [-0.2, 0) is 16.0 Å². The van der Waals surface area contributed by atoms with Gasteiger partial charge in [-0.3, -0.25) is 9.11 Å². The molecule has 114 valence electrons. The Morgan fingerprint density at radius 3 is 1.67 bits per heavy atom. The molecule has 0 saturated carbocycles. The summed E-state index contributed by atoms with van der Waals surface area (Å²) in [5.41, 5.74) is 0.877. The van der Waals surface area contributed by atoms with E-state index in [-0.39, 0.29) is 5.60 Å². The van der Waals surface area contributed by atoms with Gasteiger partial charge in [0.2, 0.25) is 0 Å². The summed E-state index contributed by atoms with van der Waals surface area (Å²) in [6.07, 6.45) is 0. The van der Waals surface area contributed by atoms with Crippen LogP contribution < -0.4 is 4.74 Å². The topological polar surface area (TPSA) is 83.8 Å². The van der Waals surface area contributed by atoms with Crippen LogP contribution in [0.2, 0.25) is 0 Å². The molecule has 2 aromatic carbocycles. The highest BCUT2D eigenvalue weighted by Gasteiger charge is 2.21. The Kier molecular flexibility index (Phi) is 5.90. The van der Waals surface area contributed by atoms with Crippen molar-refractivity contribution in [2.45, 2.75) is 19.4 Å². The minimum Gasteiger partial charge on any atom is -0.483 e. The van der Waals surface area contributed by atoms with Gasteiger partial charge in [-0.15, -0.1) is 0 Å². The SMILES string of the molecule is CC(C)(Oc1ccccc1)c1ccccc1.O=S(=O)(O)O. The second-order valence-corrected chi connectivity index (χ2v) is 5.63. The van der Waals surface area contributed by atoms with Crippen LogP contribution in [0.5, 0.6) is 5.75 Å². The van der Waals surface area contributed by atoms with Gasteiger partial charge in [-0.1, -0.05) is 48.5 Å². The molecule has 0 atom stereocenters. The number of ether oxygens (including phenoxy) is 1. The largest absolute Gasteiger partial charge is 0.483 e. The number of benzene rings is 2. The molecule has 0 amide bonds. The zero-order valence-corrected chi connectivity index (χ0v) is 12.6. The molecule has 2 aromatic rings. The second-order valence-electron chi connectivity index (χ2n) is 4.74. The Morgan fingerprint density at radius 1 is 0.857 bits per heavy atom. The average molecular weight is 310 g/mol. The van der Waals surface area contributed by atoms with Gasteiger partial charge in [-0.25, -0.2) is 0 Å². The van der Waals surface area contributed by atoms with Crippen molar-refractivity contribution in [1.29, 1.82) is 0 Å². The third-order valence-corrected chi connectivity index (χ3v) is 2.59. The fourth-order valence-corrected chi connectivity index (χ4v) is 1.68. The maximum Gasteiger partial charge on any atom is 0.394 e. The summed E-state index contributed by atoms with van der Waals surface area (Å²) in [6, 6.07) is 20.2. The zero-order chi connectivity index (χ0) is 15.9. The quantitative estimate of drug-likeness (QED) is 0.849. The van der Waals surface area contributed by atoms with Gasteiger partial charge >= 0.3 is 10.4 Å². The van der Waals surface area contributed by atoms with Gasteiger partial charge in [0.05, 0.1) is 0 Å². The van der Waals surface area contributed by atoms with E-state index in [1.54, 1.807) is 0 Å². The first-order chi connectivity index (χ1) is 9.68. The molecule has 2 N–H and O–H groups in total. The van der Waals surface area contributed by atoms with E-state index in [0.717, 1.165) is 5.75 Å². The molecule has 0 aliphatic heterocycles. The van der Waals surface area contributed by atoms with E-state index >= 15 is 0 Å². The summed E-state index contributed by atoms with van der Waals surface area (Å²) in [4.78, 5) is 0. The lowest BCUT2D eigenvalue weighted by atomic mass is 9.98. The Balaban J connectivity index is 0.000000383. The normalized spacial score (nSPS) is 11.2. The summed E-state index contributed by atoms with van der Waals surface area (Å²) >= 11 is 0. The van der Waals surface area contributed by atoms with E-state index in [1.165, 1.54) is 5.56 Å². The van der Waals surface area contributed by atoms with E-state index < -0.39 is 10.4 Å². The summed E-state index contributed by atoms with van der Waals surface area (Å²) in [6.45, 7) is 4.16. The van der Waals surface area contributed by atoms with Gasteiger partial charge in [-0.05, 0) is 31.5 Å². The fourth-order valence-electron chi connectivity index (χ4n) is 1.68. The predicted octanol–water partition coefficient (Wildman–Crippen LogP) is 3.35. The smallest absolute Gasteiger partial charge is 0.394 e. The van der Waals surface area contributed by atoms with Gasteiger partial charge in [0.25, 0.3) is 0 Å². The maximum absolute atomic E-state index is 8.74. The molecule has 0 heterocycles. The summed E-state index contributed by atoms with van der Waals surface area (Å²) in [5, 5.41) is 0. The lowest BCUT2D eigenvalue weighted by Gasteiger charge is -2.27. The van der Waals surface area contributed by atoms with E-state index in [0.29, 0.717) is 0 Å². The van der Waals surface area contributed by atoms with E-state index in [2.05, 4.69) is 26.0 Å². The highest BCUT2D eigenvalue weighted by Crippen LogP contribution is 2.26. The Hall–Kier alpha value is -1.89. The molecule has 0 fully saturated rings. The first-order valence-corrected chi connectivity index (χ1v) is 7.58. The van der Waals surface area contributed by atoms with E-state index in [1.807, 2.05) is 48.5 Å². The standard InChI is InChI=1S/C15H16O.H2O4S/c1-15(2,13-9-5-3-6-10-13)16-14-11-7-4-8-12-14;1-5(2,3)4/h3-12H,1-2H3;(H2,1,2,3,4). The molecule has 2 rings (SSSR count). The average Bonchev–Trinajstić information content (AvgIpc) is 2.38. The zero-order valence-electron chi connectivity index (χ0n) is 11.8. The van der Waals surface area contributed by atoms with Crippen molar-refractivity contribution in [1.82, 2.24) is 0 Å². The minimum absolute atomic E-state index is 0.303. The molecule has 0 aliphatic carbocycles. The lowest BCUT2D eigenvalue weighted by Crippen LogP contribution is -2.25. The molecule has 0 radical (unpaired) electrons. The molecule has 6 heteroatoms. The van der Waals surface area contributed by atoms with Crippen LogP contribution in [0.4, 0.5) is 0 Å². The number of rotatable bonds is 3. The Labute approximate surface area is 124 Å². The molecule has 0 spiro atoms. The minimum atomic E-state index is -4.67. The highest BCUT2D eigenvalue weighted by molar-refractivity contribution is 7.79. The van der Waals surface area contributed by atoms with E-state index in [9.17, 15) is 0 Å². The first-order valence-electron chi connectivity index (χ1n) is 6.18. The first kappa shape index (κ1) is 17.2. The third-order valence-electron chi connectivity index (χ3n) is 2.59. The van der Waals surface area contributed by atoms with Crippen LogP contribution in [0.1, 0.15) is 19.4 Å². The lowest BCUT2D eigenvalue weighted by molar-refractivity contribution is 0.109. The summed E-state index contributed by atoms with van der Waals surface area (Å²) in [7, 11) is -4.67. The molecule has 0 aliphatic rings. The molecular formula is C15H18O5S. The van der Waals surface area contributed by atoms with Crippen molar-refractivity contribution in [3.63, 3.8) is 0 Å². The van der Waals surface area contributed by atoms with Crippen molar-refractivity contribution in [3.8, 4) is 5.75 Å². The van der Waals surface area contributed by atoms with Crippen molar-refractivity contribution >= 4 is 10.4 Å². The molecule has 5 nitrogen and oxygen atoms in total. The van der Waals surface area contributed by atoms with Crippen LogP contribution in [0, 0.1) is 0 Å². The van der Waals surface area contributed by atoms with Crippen LogP contribution in [0.3, 0.4) is 0 Å². The van der Waals surface area contributed by atoms with Gasteiger partial charge in [0, 0.05) is 0 Å². The van der Waals surface area contributed by atoms with Crippen molar-refractivity contribution in [2.75, 3.05) is 0 Å². The molecule has 0 bridgehead atoms. The number of hydrogen-bond donors (Lipinski definition) is 2. The molecule has 0 saturated heterocycles. The Bertz CT molecular complexity index is 628. The van der Waals surface area contributed by atoms with Crippen LogP contribution >= 0.6 is 0 Å². The van der Waals surface area contributed by atoms with Gasteiger partial charge < -0.3 is 4.74 Å². The maximum atomic E-state index is 8.74. The van der Waals surface area contributed by atoms with Crippen LogP contribution in [0.25, 0.3) is 0 Å². The van der Waals surface area contributed by atoms with Crippen molar-refractivity contribution in [3.05, 3.63) is 66.2 Å². The fraction of sp³-hybridized carbons (Fsp3) is 0.200. The predicted molar refractivity (Wildman–Crippen MR) is 80.7 cm³/mol. The molecule has 21 heavy (non-hydrogen) atoms. The summed E-state index contributed by atoms with van der Waals surface area (Å²) in [5.74, 6) is 0.899. The Morgan fingerprint density at radius 2 is 1.24 bits per heavy atom. The highest BCUT2D eigenvalue weighted by atomic mass is 32.3. The second kappa shape index (κ2) is 7.21. The molecule has 0 aromatic heterocycles. The monoisotopic (exact) mass is 310 g/mol. The van der Waals surface area contributed by atoms with Gasteiger partial charge in [0.1, 0.15) is 11.4 Å². The molecular weight excluding hydrogens is 292 g/mol. The van der Waals surface area contributed by atoms with Crippen molar-refractivity contribution < 1.29 is 22.3 Å². The van der Waals surface area contributed by atoms with Crippen LogP contribution in [-0.4, -0.2) is 17.5 Å². The summed E-state index contributed by atoms with van der Waals surface area (Å²) < 4.78 is 37.6. The third kappa shape index (κ3) is 7.45. The molecule has 0 unspecified atom stereocenters. The van der Waals surface area contributed by atoms with Gasteiger partial charge in [-0.2, -0.15) is 8.42 Å². The van der Waals surface area contributed by atoms with Crippen LogP contribution in [0.15, 0.2) is 60.7 Å². The number of para-hydroxylation sites is 1. The van der Waals surface area contributed by atoms with Gasteiger partial charge in [0.15, 0.2) is 0 Å². The number of hydrogen-bond acceptors (Lipinski definition) is 3. The van der Waals surface area contributed by atoms with E-state index in [4.69, 9.17) is 22.3 Å². The van der Waals surface area contributed by atoms with Crippen molar-refractivity contribution in [2.24, 2.45) is 0 Å².